The lowest BCUT2D eigenvalue weighted by Crippen LogP contribution is -2.60. The van der Waals surface area contributed by atoms with Gasteiger partial charge in [-0.05, 0) is 12.0 Å². The number of ether oxygens (including phenoxy) is 1. The number of nitrogens with one attached hydrogen (secondary N) is 1. The number of amides is 1. The molecule has 1 heterocycles. The van der Waals surface area contributed by atoms with Crippen LogP contribution < -0.4 is 5.32 Å². The van der Waals surface area contributed by atoms with Crippen molar-refractivity contribution in [2.24, 2.45) is 0 Å². The Morgan fingerprint density at radius 2 is 2.00 bits per heavy atom. The number of benzene rings is 1. The Morgan fingerprint density at radius 3 is 2.62 bits per heavy atom. The molecule has 0 bridgehead atoms. The first-order chi connectivity index (χ1) is 10.0. The molecule has 1 aromatic carbocycles. The lowest BCUT2D eigenvalue weighted by molar-refractivity contribution is -0.146. The minimum absolute atomic E-state index is 0.134. The number of carbonyl (C=O) groups is 2. The van der Waals surface area contributed by atoms with Crippen LogP contribution in [-0.2, 0) is 20.9 Å². The molecule has 1 saturated heterocycles. The standard InChI is InChI=1S/C16H21N2O3/c1-13(19)17-16(12-21-14(2)20)9-6-10-18(16)11-15-7-4-3-5-8-15/h3-5,7-9H,6,10-12H2,1-2H3,(H,17,19). The van der Waals surface area contributed by atoms with Crippen LogP contribution in [-0.4, -0.2) is 35.6 Å². The number of nitrogens with zero attached hydrogens (tertiary/aromatic N) is 1. The first kappa shape index (κ1) is 15.5. The zero-order valence-electron chi connectivity index (χ0n) is 12.5. The molecule has 0 spiro atoms. The second-order valence-corrected chi connectivity index (χ2v) is 5.29. The molecule has 0 aromatic heterocycles. The Morgan fingerprint density at radius 1 is 1.29 bits per heavy atom. The van der Waals surface area contributed by atoms with Gasteiger partial charge >= 0.3 is 5.97 Å². The van der Waals surface area contributed by atoms with E-state index in [0.29, 0.717) is 6.54 Å². The van der Waals surface area contributed by atoms with Crippen LogP contribution in [0.25, 0.3) is 0 Å². The Kier molecular flexibility index (Phi) is 4.96. The fourth-order valence-electron chi connectivity index (χ4n) is 2.64. The van der Waals surface area contributed by atoms with Crippen molar-refractivity contribution in [3.63, 3.8) is 0 Å². The molecule has 1 aliphatic rings. The van der Waals surface area contributed by atoms with Gasteiger partial charge in [0.15, 0.2) is 0 Å². The Bertz CT molecular complexity index is 504. The highest BCUT2D eigenvalue weighted by Crippen LogP contribution is 2.28. The van der Waals surface area contributed by atoms with Crippen molar-refractivity contribution >= 4 is 11.9 Å². The number of carbonyl (C=O) groups excluding carboxylic acids is 2. The normalized spacial score (nSPS) is 22.0. The van der Waals surface area contributed by atoms with E-state index >= 15 is 0 Å². The minimum Gasteiger partial charge on any atom is -0.462 e. The van der Waals surface area contributed by atoms with Gasteiger partial charge in [-0.15, -0.1) is 0 Å². The summed E-state index contributed by atoms with van der Waals surface area (Å²) >= 11 is 0. The van der Waals surface area contributed by atoms with Crippen LogP contribution in [0.15, 0.2) is 30.3 Å². The summed E-state index contributed by atoms with van der Waals surface area (Å²) < 4.78 is 5.17. The topological polar surface area (TPSA) is 58.6 Å². The molecule has 21 heavy (non-hydrogen) atoms. The monoisotopic (exact) mass is 289 g/mol. The van der Waals surface area contributed by atoms with Crippen LogP contribution in [0.3, 0.4) is 0 Å². The Balaban J connectivity index is 2.15. The quantitative estimate of drug-likeness (QED) is 0.834. The van der Waals surface area contributed by atoms with E-state index in [1.165, 1.54) is 13.8 Å². The van der Waals surface area contributed by atoms with Gasteiger partial charge in [0.2, 0.25) is 5.91 Å². The molecule has 1 atom stereocenters. The van der Waals surface area contributed by atoms with E-state index in [2.05, 4.69) is 10.2 Å². The molecular weight excluding hydrogens is 268 g/mol. The minimum atomic E-state index is -0.715. The molecule has 2 rings (SSSR count). The highest BCUT2D eigenvalue weighted by molar-refractivity contribution is 5.74. The van der Waals surface area contributed by atoms with Crippen molar-refractivity contribution in [2.45, 2.75) is 32.5 Å². The molecule has 1 amide bonds. The molecule has 1 unspecified atom stereocenters. The van der Waals surface area contributed by atoms with Gasteiger partial charge in [0.25, 0.3) is 0 Å². The Hall–Kier alpha value is -1.88. The summed E-state index contributed by atoms with van der Waals surface area (Å²) in [5.74, 6) is -0.488. The largest absolute Gasteiger partial charge is 0.462 e. The zero-order chi connectivity index (χ0) is 15.3. The fourth-order valence-corrected chi connectivity index (χ4v) is 2.64. The van der Waals surface area contributed by atoms with Crippen LogP contribution in [0.5, 0.6) is 0 Å². The molecule has 5 nitrogen and oxygen atoms in total. The fraction of sp³-hybridized carbons (Fsp3) is 0.438. The molecule has 113 valence electrons. The lowest BCUT2D eigenvalue weighted by Gasteiger charge is -2.38. The van der Waals surface area contributed by atoms with Gasteiger partial charge in [-0.2, -0.15) is 0 Å². The Labute approximate surface area is 125 Å². The predicted molar refractivity (Wildman–Crippen MR) is 78.9 cm³/mol. The second-order valence-electron chi connectivity index (χ2n) is 5.29. The van der Waals surface area contributed by atoms with Crippen molar-refractivity contribution in [3.05, 3.63) is 42.3 Å². The molecule has 1 fully saturated rings. The van der Waals surface area contributed by atoms with Crippen molar-refractivity contribution in [1.82, 2.24) is 10.2 Å². The van der Waals surface area contributed by atoms with Crippen molar-refractivity contribution < 1.29 is 14.3 Å². The first-order valence-electron chi connectivity index (χ1n) is 7.07. The van der Waals surface area contributed by atoms with Crippen molar-refractivity contribution in [3.8, 4) is 0 Å². The number of hydrogen-bond acceptors (Lipinski definition) is 4. The van der Waals surface area contributed by atoms with E-state index in [-0.39, 0.29) is 18.5 Å². The van der Waals surface area contributed by atoms with Crippen molar-refractivity contribution in [1.29, 1.82) is 0 Å². The third kappa shape index (κ3) is 4.04. The molecule has 1 aromatic rings. The summed E-state index contributed by atoms with van der Waals surface area (Å²) in [5, 5.41) is 2.94. The van der Waals surface area contributed by atoms with E-state index in [1.54, 1.807) is 0 Å². The lowest BCUT2D eigenvalue weighted by atomic mass is 10.1. The van der Waals surface area contributed by atoms with Gasteiger partial charge in [0, 0.05) is 33.4 Å². The number of likely N-dealkylation sites (tertiary alicyclic amines) is 1. The third-order valence-corrected chi connectivity index (χ3v) is 3.55. The maximum absolute atomic E-state index is 11.5. The summed E-state index contributed by atoms with van der Waals surface area (Å²) in [7, 11) is 0. The summed E-state index contributed by atoms with van der Waals surface area (Å²) in [6.07, 6.45) is 2.86. The third-order valence-electron chi connectivity index (χ3n) is 3.55. The van der Waals surface area contributed by atoms with Crippen LogP contribution in [0.2, 0.25) is 0 Å². The summed E-state index contributed by atoms with van der Waals surface area (Å²) in [4.78, 5) is 24.8. The first-order valence-corrected chi connectivity index (χ1v) is 7.07. The predicted octanol–water partition coefficient (Wildman–Crippen LogP) is 1.49. The summed E-state index contributed by atoms with van der Waals surface area (Å²) in [5.41, 5.74) is 0.443. The van der Waals surface area contributed by atoms with Crippen LogP contribution in [0.4, 0.5) is 0 Å². The maximum atomic E-state index is 11.5. The average molecular weight is 289 g/mol. The molecule has 1 radical (unpaired) electrons. The van der Waals surface area contributed by atoms with Crippen LogP contribution in [0, 0.1) is 6.42 Å². The second kappa shape index (κ2) is 6.72. The number of esters is 1. The van der Waals surface area contributed by atoms with E-state index in [9.17, 15) is 9.59 Å². The molecule has 0 saturated carbocycles. The van der Waals surface area contributed by atoms with Gasteiger partial charge in [0.1, 0.15) is 12.3 Å². The van der Waals surface area contributed by atoms with Gasteiger partial charge in [0.05, 0.1) is 0 Å². The molecule has 5 heteroatoms. The zero-order valence-corrected chi connectivity index (χ0v) is 12.5. The smallest absolute Gasteiger partial charge is 0.302 e. The molecule has 0 aliphatic carbocycles. The van der Waals surface area contributed by atoms with Gasteiger partial charge in [-0.1, -0.05) is 30.3 Å². The van der Waals surface area contributed by atoms with E-state index in [4.69, 9.17) is 4.74 Å². The van der Waals surface area contributed by atoms with Gasteiger partial charge in [-0.25, -0.2) is 0 Å². The summed E-state index contributed by atoms with van der Waals surface area (Å²) in [6.45, 7) is 4.49. The highest BCUT2D eigenvalue weighted by atomic mass is 16.5. The van der Waals surface area contributed by atoms with Gasteiger partial charge in [-0.3, -0.25) is 14.5 Å². The van der Waals surface area contributed by atoms with Crippen LogP contribution >= 0.6 is 0 Å². The molecule has 1 aliphatic heterocycles. The SMILES string of the molecule is CC(=O)NC1(COC(C)=O)[CH]CCN1Cc1ccccc1. The molecular formula is C16H21N2O3. The average Bonchev–Trinajstić information content (AvgIpc) is 2.80. The number of hydrogen-bond donors (Lipinski definition) is 1. The van der Waals surface area contributed by atoms with E-state index in [1.807, 2.05) is 36.8 Å². The van der Waals surface area contributed by atoms with Gasteiger partial charge < -0.3 is 10.1 Å². The van der Waals surface area contributed by atoms with E-state index in [0.717, 1.165) is 18.5 Å². The van der Waals surface area contributed by atoms with E-state index < -0.39 is 5.66 Å². The summed E-state index contributed by atoms with van der Waals surface area (Å²) in [6, 6.07) is 10.0. The van der Waals surface area contributed by atoms with Crippen molar-refractivity contribution in [2.75, 3.05) is 13.2 Å². The highest BCUT2D eigenvalue weighted by Gasteiger charge is 2.43. The number of rotatable bonds is 5. The van der Waals surface area contributed by atoms with Crippen LogP contribution in [0.1, 0.15) is 25.8 Å². The molecule has 1 N–H and O–H groups in total. The maximum Gasteiger partial charge on any atom is 0.302 e.